The summed E-state index contributed by atoms with van der Waals surface area (Å²) in [6.07, 6.45) is 24.5. The molecule has 2 heteroatoms. The smallest absolute Gasteiger partial charge is 0.0961 e. The third-order valence-electron chi connectivity index (χ3n) is 6.94. The van der Waals surface area contributed by atoms with Crippen molar-refractivity contribution in [1.82, 2.24) is 9.55 Å². The summed E-state index contributed by atoms with van der Waals surface area (Å²) in [6.45, 7) is 3.19. The van der Waals surface area contributed by atoms with E-state index < -0.39 is 0 Å². The highest BCUT2D eigenvalue weighted by molar-refractivity contribution is 5.75. The molecule has 3 rings (SSSR count). The molecule has 0 unspecified atom stereocenters. The number of hydrogen-bond donors (Lipinski definition) is 0. The topological polar surface area (TPSA) is 17.8 Å². The molecule has 3 aromatic rings. The second kappa shape index (κ2) is 15.7. The van der Waals surface area contributed by atoms with E-state index in [0.717, 1.165) is 12.1 Å². The van der Waals surface area contributed by atoms with Crippen LogP contribution in [0.1, 0.15) is 114 Å². The Hall–Kier alpha value is -2.09. The number of aryl methyl sites for hydroxylation is 1. The summed E-state index contributed by atoms with van der Waals surface area (Å²) in [4.78, 5) is 4.52. The van der Waals surface area contributed by atoms with Crippen molar-refractivity contribution in [1.29, 1.82) is 0 Å². The number of hydrogen-bond acceptors (Lipinski definition) is 1. The van der Waals surface area contributed by atoms with E-state index in [1.165, 1.54) is 119 Å². The number of imidazole rings is 1. The lowest BCUT2D eigenvalue weighted by Gasteiger charge is -2.08. The highest BCUT2D eigenvalue weighted by Gasteiger charge is 2.03. The Morgan fingerprint density at radius 3 is 1.85 bits per heavy atom. The van der Waals surface area contributed by atoms with Crippen LogP contribution < -0.4 is 0 Å². The molecule has 0 aliphatic carbocycles. The van der Waals surface area contributed by atoms with Gasteiger partial charge < -0.3 is 4.57 Å². The summed E-state index contributed by atoms with van der Waals surface area (Å²) in [5, 5.41) is 0. The van der Waals surface area contributed by atoms with Gasteiger partial charge in [0, 0.05) is 6.54 Å². The molecular weight excluding hydrogens is 400 g/mol. The molecule has 0 aliphatic rings. The fourth-order valence-electron chi connectivity index (χ4n) is 4.92. The molecule has 0 fully saturated rings. The van der Waals surface area contributed by atoms with Gasteiger partial charge >= 0.3 is 0 Å². The van der Waals surface area contributed by atoms with E-state index in [1.54, 1.807) is 0 Å². The van der Waals surface area contributed by atoms with Crippen molar-refractivity contribution in [3.8, 4) is 0 Å². The summed E-state index contributed by atoms with van der Waals surface area (Å²) in [5.74, 6) is 0. The molecule has 0 spiro atoms. The molecule has 0 saturated carbocycles. The summed E-state index contributed by atoms with van der Waals surface area (Å²) >= 11 is 0. The highest BCUT2D eigenvalue weighted by Crippen LogP contribution is 2.17. The van der Waals surface area contributed by atoms with Crippen LogP contribution in [0.3, 0.4) is 0 Å². The first-order valence-corrected chi connectivity index (χ1v) is 13.8. The van der Waals surface area contributed by atoms with Crippen LogP contribution >= 0.6 is 0 Å². The Labute approximate surface area is 202 Å². The molecule has 180 valence electrons. The highest BCUT2D eigenvalue weighted by atomic mass is 15.0. The van der Waals surface area contributed by atoms with Gasteiger partial charge in [0.2, 0.25) is 0 Å². The minimum atomic E-state index is 0.896. The van der Waals surface area contributed by atoms with Gasteiger partial charge in [-0.25, -0.2) is 4.98 Å². The fourth-order valence-corrected chi connectivity index (χ4v) is 4.92. The van der Waals surface area contributed by atoms with E-state index in [9.17, 15) is 0 Å². The maximum absolute atomic E-state index is 4.52. The van der Waals surface area contributed by atoms with E-state index >= 15 is 0 Å². The average Bonchev–Trinajstić information content (AvgIpc) is 3.24. The van der Waals surface area contributed by atoms with Gasteiger partial charge in [-0.3, -0.25) is 0 Å². The Balaban J connectivity index is 1.21. The maximum atomic E-state index is 4.52. The third-order valence-corrected chi connectivity index (χ3v) is 6.94. The normalized spacial score (nSPS) is 11.4. The van der Waals surface area contributed by atoms with E-state index in [4.69, 9.17) is 0 Å². The number of benzene rings is 2. The second-order valence-electron chi connectivity index (χ2n) is 9.88. The molecule has 0 N–H and O–H groups in total. The SMILES string of the molecule is CCCCCCCCCCCCCCCCCc1cccc(Cn2cnc3ccccc32)c1. The van der Waals surface area contributed by atoms with Crippen LogP contribution in [0.25, 0.3) is 11.0 Å². The standard InChI is InChI=1S/C31H46N2/c1-2-3-4-5-6-7-8-9-10-11-12-13-14-15-16-20-28-21-19-22-29(25-28)26-33-27-32-30-23-17-18-24-31(30)33/h17-19,21-25,27H,2-16,20,26H2,1H3. The summed E-state index contributed by atoms with van der Waals surface area (Å²) in [6, 6.07) is 17.5. The predicted octanol–water partition coefficient (Wildman–Crippen LogP) is 9.50. The Kier molecular flexibility index (Phi) is 12.1. The quantitative estimate of drug-likeness (QED) is 0.178. The number of aromatic nitrogens is 2. The van der Waals surface area contributed by atoms with Crippen LogP contribution in [0.4, 0.5) is 0 Å². The lowest BCUT2D eigenvalue weighted by molar-refractivity contribution is 0.532. The number of unbranched alkanes of at least 4 members (excludes halogenated alkanes) is 14. The van der Waals surface area contributed by atoms with Crippen LogP contribution in [-0.2, 0) is 13.0 Å². The fraction of sp³-hybridized carbons (Fsp3) is 0.581. The molecule has 0 radical (unpaired) electrons. The van der Waals surface area contributed by atoms with Gasteiger partial charge in [-0.15, -0.1) is 0 Å². The number of fused-ring (bicyclic) bond motifs is 1. The van der Waals surface area contributed by atoms with Gasteiger partial charge in [0.1, 0.15) is 0 Å². The van der Waals surface area contributed by atoms with Crippen LogP contribution in [0.5, 0.6) is 0 Å². The molecule has 0 bridgehead atoms. The van der Waals surface area contributed by atoms with Crippen LogP contribution in [0, 0.1) is 0 Å². The Bertz CT molecular complexity index is 895. The van der Waals surface area contributed by atoms with E-state index in [0.29, 0.717) is 0 Å². The van der Waals surface area contributed by atoms with Crippen molar-refractivity contribution in [3.05, 3.63) is 66.0 Å². The Morgan fingerprint density at radius 2 is 1.18 bits per heavy atom. The number of nitrogens with zero attached hydrogens (tertiary/aromatic N) is 2. The number of rotatable bonds is 18. The van der Waals surface area contributed by atoms with Gasteiger partial charge in [-0.2, -0.15) is 0 Å². The second-order valence-corrected chi connectivity index (χ2v) is 9.88. The third kappa shape index (κ3) is 9.74. The van der Waals surface area contributed by atoms with Crippen LogP contribution in [0.2, 0.25) is 0 Å². The van der Waals surface area contributed by atoms with Crippen LogP contribution in [0.15, 0.2) is 54.9 Å². The summed E-state index contributed by atoms with van der Waals surface area (Å²) in [5.41, 5.74) is 5.14. The van der Waals surface area contributed by atoms with Gasteiger partial charge in [0.05, 0.1) is 17.4 Å². The Morgan fingerprint density at radius 1 is 0.606 bits per heavy atom. The molecule has 0 atom stereocenters. The largest absolute Gasteiger partial charge is 0.326 e. The minimum Gasteiger partial charge on any atom is -0.326 e. The van der Waals surface area contributed by atoms with Crippen molar-refractivity contribution in [2.24, 2.45) is 0 Å². The molecule has 0 amide bonds. The summed E-state index contributed by atoms with van der Waals surface area (Å²) < 4.78 is 2.25. The molecule has 0 saturated heterocycles. The zero-order valence-corrected chi connectivity index (χ0v) is 21.1. The van der Waals surface area contributed by atoms with Crippen molar-refractivity contribution in [2.75, 3.05) is 0 Å². The van der Waals surface area contributed by atoms with Crippen molar-refractivity contribution in [3.63, 3.8) is 0 Å². The molecular formula is C31H46N2. The van der Waals surface area contributed by atoms with Crippen molar-refractivity contribution >= 4 is 11.0 Å². The summed E-state index contributed by atoms with van der Waals surface area (Å²) in [7, 11) is 0. The first-order valence-electron chi connectivity index (χ1n) is 13.8. The average molecular weight is 447 g/mol. The van der Waals surface area contributed by atoms with E-state index in [1.807, 2.05) is 6.33 Å². The molecule has 1 aromatic heterocycles. The zero-order valence-electron chi connectivity index (χ0n) is 21.1. The first-order chi connectivity index (χ1) is 16.4. The molecule has 2 aromatic carbocycles. The van der Waals surface area contributed by atoms with Gasteiger partial charge in [-0.05, 0) is 36.1 Å². The van der Waals surface area contributed by atoms with Crippen molar-refractivity contribution < 1.29 is 0 Å². The van der Waals surface area contributed by atoms with E-state index in [-0.39, 0.29) is 0 Å². The van der Waals surface area contributed by atoms with Gasteiger partial charge in [-0.1, -0.05) is 133 Å². The van der Waals surface area contributed by atoms with Gasteiger partial charge in [0.15, 0.2) is 0 Å². The molecule has 33 heavy (non-hydrogen) atoms. The molecule has 1 heterocycles. The molecule has 2 nitrogen and oxygen atoms in total. The maximum Gasteiger partial charge on any atom is 0.0961 e. The van der Waals surface area contributed by atoms with Crippen LogP contribution in [-0.4, -0.2) is 9.55 Å². The predicted molar refractivity (Wildman–Crippen MR) is 144 cm³/mol. The molecule has 0 aliphatic heterocycles. The zero-order chi connectivity index (χ0) is 23.0. The van der Waals surface area contributed by atoms with E-state index in [2.05, 4.69) is 65.0 Å². The van der Waals surface area contributed by atoms with Crippen molar-refractivity contribution in [2.45, 2.75) is 116 Å². The lowest BCUT2D eigenvalue weighted by atomic mass is 10.0. The first kappa shape index (κ1) is 25.5. The lowest BCUT2D eigenvalue weighted by Crippen LogP contribution is -1.98. The minimum absolute atomic E-state index is 0.896. The van der Waals surface area contributed by atoms with Gasteiger partial charge in [0.25, 0.3) is 0 Å². The monoisotopic (exact) mass is 446 g/mol. The number of para-hydroxylation sites is 2.